The van der Waals surface area contributed by atoms with Crippen LogP contribution in [0, 0.1) is 18.6 Å². The zero-order valence-electron chi connectivity index (χ0n) is 7.51. The lowest BCUT2D eigenvalue weighted by atomic mass is 10.1. The topological polar surface area (TPSA) is 28.7 Å². The first kappa shape index (κ1) is 8.87. The predicted molar refractivity (Wildman–Crippen MR) is 48.7 cm³/mol. The molecular formula is C10H8F2N2. The van der Waals surface area contributed by atoms with Crippen LogP contribution in [0.25, 0.3) is 11.3 Å². The largest absolute Gasteiger partial charge is 0.277 e. The average molecular weight is 194 g/mol. The summed E-state index contributed by atoms with van der Waals surface area (Å²) in [5.41, 5.74) is 1.05. The van der Waals surface area contributed by atoms with Crippen molar-refractivity contribution in [3.05, 3.63) is 41.6 Å². The summed E-state index contributed by atoms with van der Waals surface area (Å²) < 4.78 is 26.6. The van der Waals surface area contributed by atoms with Gasteiger partial charge in [-0.15, -0.1) is 0 Å². The lowest BCUT2D eigenvalue weighted by Crippen LogP contribution is -1.91. The van der Waals surface area contributed by atoms with Crippen LogP contribution in [0.1, 0.15) is 5.56 Å². The maximum atomic E-state index is 13.3. The molecule has 2 rings (SSSR count). The van der Waals surface area contributed by atoms with Crippen LogP contribution in [0.4, 0.5) is 8.78 Å². The molecule has 1 aromatic heterocycles. The van der Waals surface area contributed by atoms with E-state index in [0.29, 0.717) is 11.3 Å². The fourth-order valence-corrected chi connectivity index (χ4v) is 1.34. The Morgan fingerprint density at radius 2 is 1.86 bits per heavy atom. The van der Waals surface area contributed by atoms with Gasteiger partial charge in [-0.3, -0.25) is 5.10 Å². The Labute approximate surface area is 79.6 Å². The van der Waals surface area contributed by atoms with Gasteiger partial charge < -0.3 is 0 Å². The summed E-state index contributed by atoms with van der Waals surface area (Å²) in [6.07, 6.45) is 1.53. The van der Waals surface area contributed by atoms with Gasteiger partial charge in [0.1, 0.15) is 11.6 Å². The van der Waals surface area contributed by atoms with Gasteiger partial charge >= 0.3 is 0 Å². The molecule has 0 saturated heterocycles. The lowest BCUT2D eigenvalue weighted by molar-refractivity contribution is 0.588. The maximum Gasteiger partial charge on any atom is 0.135 e. The summed E-state index contributed by atoms with van der Waals surface area (Å²) in [5.74, 6) is -1.17. The molecule has 2 aromatic rings. The van der Waals surface area contributed by atoms with E-state index < -0.39 is 11.6 Å². The van der Waals surface area contributed by atoms with E-state index in [1.807, 2.05) is 0 Å². The Morgan fingerprint density at radius 1 is 1.21 bits per heavy atom. The minimum absolute atomic E-state index is 0.0532. The van der Waals surface area contributed by atoms with Crippen LogP contribution in [0.2, 0.25) is 0 Å². The first-order chi connectivity index (χ1) is 6.70. The van der Waals surface area contributed by atoms with E-state index in [2.05, 4.69) is 10.2 Å². The molecule has 0 spiro atoms. The van der Waals surface area contributed by atoms with Crippen molar-refractivity contribution in [3.63, 3.8) is 0 Å². The lowest BCUT2D eigenvalue weighted by Gasteiger charge is -2.02. The predicted octanol–water partition coefficient (Wildman–Crippen LogP) is 2.66. The number of aryl methyl sites for hydroxylation is 1. The van der Waals surface area contributed by atoms with Crippen LogP contribution in [0.15, 0.2) is 24.4 Å². The molecule has 2 nitrogen and oxygen atoms in total. The van der Waals surface area contributed by atoms with E-state index in [-0.39, 0.29) is 5.56 Å². The highest BCUT2D eigenvalue weighted by molar-refractivity contribution is 5.63. The number of rotatable bonds is 1. The molecule has 1 aromatic carbocycles. The van der Waals surface area contributed by atoms with Gasteiger partial charge in [0, 0.05) is 0 Å². The Balaban J connectivity index is 2.68. The second kappa shape index (κ2) is 3.21. The molecule has 0 unspecified atom stereocenters. The number of halogens is 2. The number of H-pyrrole nitrogens is 1. The molecule has 0 amide bonds. The van der Waals surface area contributed by atoms with Gasteiger partial charge in [0.25, 0.3) is 0 Å². The van der Waals surface area contributed by atoms with Crippen molar-refractivity contribution < 1.29 is 8.78 Å². The molecular weight excluding hydrogens is 186 g/mol. The van der Waals surface area contributed by atoms with Crippen LogP contribution in [-0.4, -0.2) is 10.2 Å². The Hall–Kier alpha value is -1.71. The highest BCUT2D eigenvalue weighted by atomic mass is 19.1. The van der Waals surface area contributed by atoms with Gasteiger partial charge in [0.15, 0.2) is 0 Å². The monoisotopic (exact) mass is 194 g/mol. The van der Waals surface area contributed by atoms with Crippen molar-refractivity contribution in [1.82, 2.24) is 10.2 Å². The highest BCUT2D eigenvalue weighted by Crippen LogP contribution is 2.26. The normalized spacial score (nSPS) is 10.5. The summed E-state index contributed by atoms with van der Waals surface area (Å²) in [6, 6.07) is 3.78. The van der Waals surface area contributed by atoms with Crippen molar-refractivity contribution >= 4 is 0 Å². The van der Waals surface area contributed by atoms with Crippen molar-refractivity contribution in [3.8, 4) is 11.3 Å². The molecule has 0 atom stereocenters. The van der Waals surface area contributed by atoms with Gasteiger partial charge in [0.05, 0.1) is 17.5 Å². The number of hydrogen-bond acceptors (Lipinski definition) is 1. The second-order valence-corrected chi connectivity index (χ2v) is 3.02. The van der Waals surface area contributed by atoms with E-state index in [9.17, 15) is 8.78 Å². The summed E-state index contributed by atoms with van der Waals surface area (Å²) in [4.78, 5) is 0. The zero-order chi connectivity index (χ0) is 10.1. The van der Waals surface area contributed by atoms with Crippen molar-refractivity contribution in [2.45, 2.75) is 6.92 Å². The number of aromatic amines is 1. The van der Waals surface area contributed by atoms with Crippen LogP contribution in [-0.2, 0) is 0 Å². The van der Waals surface area contributed by atoms with Gasteiger partial charge in [-0.2, -0.15) is 5.10 Å². The van der Waals surface area contributed by atoms with Crippen LogP contribution >= 0.6 is 0 Å². The van der Waals surface area contributed by atoms with E-state index in [0.717, 1.165) is 0 Å². The first-order valence-electron chi connectivity index (χ1n) is 4.14. The van der Waals surface area contributed by atoms with E-state index >= 15 is 0 Å². The molecule has 1 heterocycles. The van der Waals surface area contributed by atoms with Gasteiger partial charge in [-0.1, -0.05) is 6.07 Å². The fraction of sp³-hybridized carbons (Fsp3) is 0.100. The number of hydrogen-bond donors (Lipinski definition) is 1. The third-order valence-corrected chi connectivity index (χ3v) is 2.04. The molecule has 0 bridgehead atoms. The van der Waals surface area contributed by atoms with Crippen molar-refractivity contribution in [2.75, 3.05) is 0 Å². The standard InChI is InChI=1S/C10H8F2N2/c1-6-5-13-14-10(6)9-7(11)3-2-4-8(9)12/h2-5H,1H3,(H,13,14). The Bertz CT molecular complexity index is 443. The van der Waals surface area contributed by atoms with Crippen LogP contribution in [0.3, 0.4) is 0 Å². The summed E-state index contributed by atoms with van der Waals surface area (Å²) in [5, 5.41) is 6.30. The summed E-state index contributed by atoms with van der Waals surface area (Å²) >= 11 is 0. The summed E-state index contributed by atoms with van der Waals surface area (Å²) in [6.45, 7) is 1.74. The number of benzene rings is 1. The average Bonchev–Trinajstić information content (AvgIpc) is 2.52. The molecule has 14 heavy (non-hydrogen) atoms. The van der Waals surface area contributed by atoms with E-state index in [1.165, 1.54) is 24.4 Å². The van der Waals surface area contributed by atoms with Gasteiger partial charge in [-0.25, -0.2) is 8.78 Å². The Kier molecular flexibility index (Phi) is 2.04. The van der Waals surface area contributed by atoms with E-state index in [4.69, 9.17) is 0 Å². The summed E-state index contributed by atoms with van der Waals surface area (Å²) in [7, 11) is 0. The number of nitrogens with one attached hydrogen (secondary N) is 1. The smallest absolute Gasteiger partial charge is 0.135 e. The van der Waals surface area contributed by atoms with Crippen molar-refractivity contribution in [1.29, 1.82) is 0 Å². The molecule has 4 heteroatoms. The van der Waals surface area contributed by atoms with Crippen molar-refractivity contribution in [2.24, 2.45) is 0 Å². The Morgan fingerprint density at radius 3 is 2.36 bits per heavy atom. The molecule has 0 aliphatic heterocycles. The number of nitrogens with zero attached hydrogens (tertiary/aromatic N) is 1. The molecule has 0 saturated carbocycles. The molecule has 1 N–H and O–H groups in total. The third kappa shape index (κ3) is 1.28. The van der Waals surface area contributed by atoms with Gasteiger partial charge in [0.2, 0.25) is 0 Å². The second-order valence-electron chi connectivity index (χ2n) is 3.02. The molecule has 0 aliphatic carbocycles. The minimum atomic E-state index is -0.586. The molecule has 0 radical (unpaired) electrons. The van der Waals surface area contributed by atoms with Crippen LogP contribution < -0.4 is 0 Å². The molecule has 72 valence electrons. The number of aromatic nitrogens is 2. The minimum Gasteiger partial charge on any atom is -0.277 e. The van der Waals surface area contributed by atoms with Gasteiger partial charge in [-0.05, 0) is 24.6 Å². The van der Waals surface area contributed by atoms with E-state index in [1.54, 1.807) is 6.92 Å². The maximum absolute atomic E-state index is 13.3. The van der Waals surface area contributed by atoms with Crippen LogP contribution in [0.5, 0.6) is 0 Å². The first-order valence-corrected chi connectivity index (χ1v) is 4.14. The molecule has 0 aliphatic rings. The SMILES string of the molecule is Cc1cn[nH]c1-c1c(F)cccc1F. The molecule has 0 fully saturated rings. The zero-order valence-corrected chi connectivity index (χ0v) is 7.51. The third-order valence-electron chi connectivity index (χ3n) is 2.04. The fourth-order valence-electron chi connectivity index (χ4n) is 1.34. The quantitative estimate of drug-likeness (QED) is 0.742. The highest BCUT2D eigenvalue weighted by Gasteiger charge is 2.13.